The Kier molecular flexibility index (Phi) is 9.54. The van der Waals surface area contributed by atoms with Crippen molar-refractivity contribution >= 4 is 38.3 Å². The van der Waals surface area contributed by atoms with E-state index in [9.17, 15) is 0 Å². The molecule has 0 bridgehead atoms. The third-order valence-electron chi connectivity index (χ3n) is 2.98. The fourth-order valence-corrected chi connectivity index (χ4v) is 1.88. The maximum atomic E-state index is 5.25. The van der Waals surface area contributed by atoms with Crippen LogP contribution in [-0.2, 0) is 13.1 Å². The molecule has 1 aliphatic heterocycles. The molecule has 1 heterocycles. The summed E-state index contributed by atoms with van der Waals surface area (Å²) in [4.78, 5) is 14.9. The molecule has 0 N–H and O–H groups in total. The monoisotopic (exact) mass is 431 g/mol. The van der Waals surface area contributed by atoms with Crippen molar-refractivity contribution in [3.8, 4) is 11.5 Å². The van der Waals surface area contributed by atoms with E-state index in [1.165, 1.54) is 0 Å². The number of para-hydroxylation sites is 2. The summed E-state index contributed by atoms with van der Waals surface area (Å²) in [6, 6.07) is 18.7. The van der Waals surface area contributed by atoms with Gasteiger partial charge < -0.3 is 9.68 Å². The van der Waals surface area contributed by atoms with Gasteiger partial charge in [-0.05, 0) is 24.3 Å². The molecule has 2 aromatic rings. The predicted octanol–water partition coefficient (Wildman–Crippen LogP) is 5.22. The van der Waals surface area contributed by atoms with Gasteiger partial charge in [-0.3, -0.25) is 0 Å². The maximum absolute atomic E-state index is 5.25. The molecule has 0 saturated carbocycles. The Hall–Kier alpha value is -2.11. The van der Waals surface area contributed by atoms with Crippen molar-refractivity contribution in [3.05, 3.63) is 72.4 Å². The number of hydrogen-bond donors (Lipinski definition) is 0. The number of halogens is 2. The summed E-state index contributed by atoms with van der Waals surface area (Å²) < 4.78 is 0. The van der Waals surface area contributed by atoms with Crippen LogP contribution in [0.5, 0.6) is 11.5 Å². The third-order valence-corrected chi connectivity index (χ3v) is 2.98. The van der Waals surface area contributed by atoms with E-state index in [2.05, 4.69) is 15.3 Å². The zero-order valence-corrected chi connectivity index (χ0v) is 16.1. The van der Waals surface area contributed by atoms with Crippen LogP contribution in [0.15, 0.2) is 87.7 Å². The molecular weight excluding hydrogens is 417 g/mol. The van der Waals surface area contributed by atoms with Gasteiger partial charge in [0.05, 0.1) is 23.8 Å². The summed E-state index contributed by atoms with van der Waals surface area (Å²) in [5.41, 5.74) is 1.55. The van der Waals surface area contributed by atoms with Gasteiger partial charge in [0.15, 0.2) is 11.5 Å². The van der Waals surface area contributed by atoms with Gasteiger partial charge in [-0.1, -0.05) is 52.8 Å². The van der Waals surface area contributed by atoms with E-state index in [1.807, 2.05) is 66.7 Å². The predicted molar refractivity (Wildman–Crippen MR) is 103 cm³/mol. The number of rotatable bonds is 6. The Balaban J connectivity index is 0.000000758. The van der Waals surface area contributed by atoms with Gasteiger partial charge >= 0.3 is 33.3 Å². The molecular formula is C18H15Cl2FeN3O2. The van der Waals surface area contributed by atoms with Gasteiger partial charge in [-0.25, -0.2) is 4.99 Å². The molecule has 5 nitrogen and oxygen atoms in total. The van der Waals surface area contributed by atoms with Crippen molar-refractivity contribution in [2.75, 3.05) is 0 Å². The second-order valence-electron chi connectivity index (χ2n) is 4.76. The minimum atomic E-state index is 0.194. The number of benzene rings is 2. The third kappa shape index (κ3) is 7.85. The summed E-state index contributed by atoms with van der Waals surface area (Å²) in [5, 5.41) is 7.83. The van der Waals surface area contributed by atoms with Gasteiger partial charge in [-0.2, -0.15) is 0 Å². The second kappa shape index (κ2) is 12.3. The van der Waals surface area contributed by atoms with Crippen molar-refractivity contribution in [1.82, 2.24) is 0 Å². The summed E-state index contributed by atoms with van der Waals surface area (Å²) in [6.45, 7) is 0. The fraction of sp³-hybridized carbons (Fsp3) is 0.0556. The van der Waals surface area contributed by atoms with Crippen LogP contribution in [-0.4, -0.2) is 18.1 Å². The van der Waals surface area contributed by atoms with Gasteiger partial charge in [0.25, 0.3) is 0 Å². The Morgan fingerprint density at radius 3 is 1.88 bits per heavy atom. The molecule has 0 aromatic heterocycles. The molecule has 0 spiro atoms. The molecule has 0 radical (unpaired) electrons. The number of oxime groups is 2. The van der Waals surface area contributed by atoms with Crippen LogP contribution >= 0.6 is 20.2 Å². The molecule has 0 saturated heterocycles. The van der Waals surface area contributed by atoms with Crippen molar-refractivity contribution < 1.29 is 22.8 Å². The number of allylic oxidation sites excluding steroid dienone is 2. The summed E-state index contributed by atoms with van der Waals surface area (Å²) in [5.74, 6) is 1.37. The molecule has 8 heteroatoms. The summed E-state index contributed by atoms with van der Waals surface area (Å²) >= 11 is 0.194. The van der Waals surface area contributed by atoms with Gasteiger partial charge in [0.1, 0.15) is 0 Å². The molecule has 0 amide bonds. The normalized spacial score (nSPS) is 13.3. The number of aliphatic imine (C=N–C) groups is 1. The molecule has 0 unspecified atom stereocenters. The SMILES string of the molecule is C1=C(/C=N/Oc2ccccc2)N=C(/C=N/Oc2ccccc2)C1.[Cl][Fe][Cl]. The van der Waals surface area contributed by atoms with Crippen molar-refractivity contribution in [1.29, 1.82) is 0 Å². The van der Waals surface area contributed by atoms with Crippen LogP contribution in [0.2, 0.25) is 0 Å². The fourth-order valence-electron chi connectivity index (χ4n) is 1.88. The van der Waals surface area contributed by atoms with Gasteiger partial charge in [-0.15, -0.1) is 0 Å². The molecule has 0 atom stereocenters. The van der Waals surface area contributed by atoms with Crippen LogP contribution in [0, 0.1) is 0 Å². The van der Waals surface area contributed by atoms with E-state index >= 15 is 0 Å². The molecule has 3 rings (SSSR count). The Morgan fingerprint density at radius 1 is 0.846 bits per heavy atom. The zero-order valence-electron chi connectivity index (χ0n) is 13.5. The summed E-state index contributed by atoms with van der Waals surface area (Å²) in [7, 11) is 9.53. The van der Waals surface area contributed by atoms with E-state index in [1.54, 1.807) is 12.4 Å². The Morgan fingerprint density at radius 2 is 1.35 bits per heavy atom. The molecule has 1 aliphatic rings. The average Bonchev–Trinajstić information content (AvgIpc) is 3.12. The second-order valence-corrected chi connectivity index (χ2v) is 6.59. The zero-order chi connectivity index (χ0) is 18.5. The number of hydrogen-bond acceptors (Lipinski definition) is 5. The van der Waals surface area contributed by atoms with Crippen LogP contribution in [0.4, 0.5) is 0 Å². The van der Waals surface area contributed by atoms with Crippen LogP contribution in [0.1, 0.15) is 6.42 Å². The minimum absolute atomic E-state index is 0.194. The molecule has 2 aromatic carbocycles. The Bertz CT molecular complexity index is 782. The topological polar surface area (TPSA) is 55.5 Å². The molecule has 26 heavy (non-hydrogen) atoms. The van der Waals surface area contributed by atoms with Crippen molar-refractivity contribution in [2.24, 2.45) is 15.3 Å². The van der Waals surface area contributed by atoms with E-state index in [0.717, 1.165) is 11.4 Å². The van der Waals surface area contributed by atoms with Crippen LogP contribution in [0.3, 0.4) is 0 Å². The first-order valence-corrected chi connectivity index (χ1v) is 10.5. The molecule has 0 fully saturated rings. The standard InChI is InChI=1S/C18H15N3O2.2ClH.Fe/c1-3-7-17(8-4-1)22-19-13-15-11-12-16(21-15)14-20-23-18-9-5-2-6-10-18;;;/h1-11,13-14H,12H2;2*1H;/q;;;+2/p-2/b19-13+,20-14+;;;. The Labute approximate surface area is 166 Å². The van der Waals surface area contributed by atoms with E-state index < -0.39 is 0 Å². The van der Waals surface area contributed by atoms with Crippen molar-refractivity contribution in [3.63, 3.8) is 0 Å². The summed E-state index contributed by atoms with van der Waals surface area (Å²) in [6.07, 6.45) is 5.81. The van der Waals surface area contributed by atoms with Crippen LogP contribution in [0.25, 0.3) is 0 Å². The molecule has 136 valence electrons. The first kappa shape index (κ1) is 20.2. The van der Waals surface area contributed by atoms with Gasteiger partial charge in [0.2, 0.25) is 0 Å². The number of nitrogens with zero attached hydrogens (tertiary/aromatic N) is 3. The van der Waals surface area contributed by atoms with E-state index in [-0.39, 0.29) is 13.1 Å². The first-order chi connectivity index (χ1) is 12.8. The van der Waals surface area contributed by atoms with E-state index in [4.69, 9.17) is 29.9 Å². The van der Waals surface area contributed by atoms with Gasteiger partial charge in [0, 0.05) is 6.42 Å². The quantitative estimate of drug-likeness (QED) is 0.357. The molecule has 0 aliphatic carbocycles. The van der Waals surface area contributed by atoms with E-state index in [0.29, 0.717) is 17.9 Å². The first-order valence-electron chi connectivity index (χ1n) is 7.45. The average molecular weight is 432 g/mol. The van der Waals surface area contributed by atoms with Crippen molar-refractivity contribution in [2.45, 2.75) is 6.42 Å². The van der Waals surface area contributed by atoms with Crippen LogP contribution < -0.4 is 9.68 Å².